The maximum absolute atomic E-state index is 10.7. The molecule has 0 aliphatic heterocycles. The number of rotatable bonds is 3. The van der Waals surface area contributed by atoms with Crippen molar-refractivity contribution in [1.82, 2.24) is 0 Å². The molecular formula is C13H10N2O2. The second kappa shape index (κ2) is 5.03. The van der Waals surface area contributed by atoms with Gasteiger partial charge in [0.05, 0.1) is 11.4 Å². The van der Waals surface area contributed by atoms with E-state index in [1.54, 1.807) is 36.4 Å². The third-order valence-electron chi connectivity index (χ3n) is 2.19. The smallest absolute Gasteiger partial charge is 0.152 e. The zero-order valence-electron chi connectivity index (χ0n) is 8.95. The first-order valence-electron chi connectivity index (χ1n) is 5.04. The lowest BCUT2D eigenvalue weighted by Gasteiger charge is -1.96. The molecule has 1 N–H and O–H groups in total. The van der Waals surface area contributed by atoms with Crippen molar-refractivity contribution in [3.8, 4) is 5.75 Å². The van der Waals surface area contributed by atoms with Gasteiger partial charge in [0.15, 0.2) is 6.29 Å². The Labute approximate surface area is 98.3 Å². The molecule has 0 spiro atoms. The van der Waals surface area contributed by atoms with E-state index in [4.69, 9.17) is 5.11 Å². The molecular weight excluding hydrogens is 216 g/mol. The van der Waals surface area contributed by atoms with E-state index in [0.29, 0.717) is 16.9 Å². The molecule has 0 heterocycles. The van der Waals surface area contributed by atoms with E-state index in [2.05, 4.69) is 10.2 Å². The van der Waals surface area contributed by atoms with Crippen molar-refractivity contribution < 1.29 is 9.90 Å². The summed E-state index contributed by atoms with van der Waals surface area (Å²) in [5.41, 5.74) is 1.63. The summed E-state index contributed by atoms with van der Waals surface area (Å²) in [6, 6.07) is 13.3. The van der Waals surface area contributed by atoms with Gasteiger partial charge in [-0.25, -0.2) is 0 Å². The lowest BCUT2D eigenvalue weighted by Crippen LogP contribution is -1.78. The van der Waals surface area contributed by atoms with E-state index >= 15 is 0 Å². The Morgan fingerprint density at radius 1 is 0.941 bits per heavy atom. The number of hydrogen-bond donors (Lipinski definition) is 1. The quantitative estimate of drug-likeness (QED) is 0.641. The monoisotopic (exact) mass is 226 g/mol. The summed E-state index contributed by atoms with van der Waals surface area (Å²) in [5, 5.41) is 17.1. The van der Waals surface area contributed by atoms with E-state index in [-0.39, 0.29) is 5.75 Å². The van der Waals surface area contributed by atoms with Crippen LogP contribution in [0.3, 0.4) is 0 Å². The van der Waals surface area contributed by atoms with Gasteiger partial charge >= 0.3 is 0 Å². The zero-order valence-corrected chi connectivity index (χ0v) is 8.95. The Bertz CT molecular complexity index is 548. The van der Waals surface area contributed by atoms with Crippen LogP contribution in [0, 0.1) is 0 Å². The molecule has 4 heteroatoms. The summed E-state index contributed by atoms with van der Waals surface area (Å²) in [7, 11) is 0. The van der Waals surface area contributed by atoms with Crippen molar-refractivity contribution in [3.63, 3.8) is 0 Å². The van der Waals surface area contributed by atoms with Crippen molar-refractivity contribution in [2.45, 2.75) is 0 Å². The second-order valence-corrected chi connectivity index (χ2v) is 3.39. The van der Waals surface area contributed by atoms with Crippen LogP contribution < -0.4 is 0 Å². The summed E-state index contributed by atoms with van der Waals surface area (Å²) < 4.78 is 0. The van der Waals surface area contributed by atoms with Gasteiger partial charge in [-0.3, -0.25) is 4.79 Å². The van der Waals surface area contributed by atoms with Crippen molar-refractivity contribution in [2.75, 3.05) is 0 Å². The molecule has 0 unspecified atom stereocenters. The van der Waals surface area contributed by atoms with Crippen molar-refractivity contribution in [2.24, 2.45) is 10.2 Å². The minimum absolute atomic E-state index is 0.178. The van der Waals surface area contributed by atoms with Gasteiger partial charge in [-0.2, -0.15) is 5.11 Å². The molecule has 84 valence electrons. The van der Waals surface area contributed by atoms with E-state index in [1.807, 2.05) is 0 Å². The summed E-state index contributed by atoms with van der Waals surface area (Å²) in [6.45, 7) is 0. The third-order valence-corrected chi connectivity index (χ3v) is 2.19. The summed E-state index contributed by atoms with van der Waals surface area (Å²) in [5.74, 6) is 0.178. The van der Waals surface area contributed by atoms with Crippen LogP contribution in [0.4, 0.5) is 11.4 Å². The molecule has 0 saturated carbocycles. The second-order valence-electron chi connectivity index (χ2n) is 3.39. The maximum atomic E-state index is 10.7. The molecule has 0 radical (unpaired) electrons. The average Bonchev–Trinajstić information content (AvgIpc) is 2.38. The van der Waals surface area contributed by atoms with Crippen LogP contribution in [-0.4, -0.2) is 11.4 Å². The lowest BCUT2D eigenvalue weighted by molar-refractivity contribution is 0.112. The minimum atomic E-state index is 0.178. The molecule has 0 aliphatic carbocycles. The number of azo groups is 1. The minimum Gasteiger partial charge on any atom is -0.508 e. The van der Waals surface area contributed by atoms with Crippen molar-refractivity contribution in [3.05, 3.63) is 54.1 Å². The fourth-order valence-electron chi connectivity index (χ4n) is 1.31. The first kappa shape index (κ1) is 11.0. The van der Waals surface area contributed by atoms with Crippen LogP contribution in [0.15, 0.2) is 58.8 Å². The number of carbonyl (C=O) groups excluding carboxylic acids is 1. The highest BCUT2D eigenvalue weighted by molar-refractivity contribution is 5.82. The zero-order chi connectivity index (χ0) is 12.1. The molecule has 0 amide bonds. The molecule has 0 saturated heterocycles. The molecule has 17 heavy (non-hydrogen) atoms. The van der Waals surface area contributed by atoms with Gasteiger partial charge in [0.1, 0.15) is 5.75 Å². The number of phenolic OH excluding ortho intramolecular Hbond substituents is 1. The molecule has 0 aromatic heterocycles. The molecule has 2 aromatic carbocycles. The Hall–Kier alpha value is -2.49. The Kier molecular flexibility index (Phi) is 3.25. The standard InChI is InChI=1S/C13H10N2O2/c16-9-10-3-1-2-4-13(10)15-14-11-5-7-12(17)8-6-11/h1-9,17H. The van der Waals surface area contributed by atoms with Crippen LogP contribution in [-0.2, 0) is 0 Å². The number of nitrogens with zero attached hydrogens (tertiary/aromatic N) is 2. The molecule has 2 aromatic rings. The van der Waals surface area contributed by atoms with E-state index in [1.165, 1.54) is 12.1 Å². The van der Waals surface area contributed by atoms with E-state index in [9.17, 15) is 4.79 Å². The van der Waals surface area contributed by atoms with Crippen molar-refractivity contribution in [1.29, 1.82) is 0 Å². The molecule has 4 nitrogen and oxygen atoms in total. The van der Waals surface area contributed by atoms with E-state index in [0.717, 1.165) is 6.29 Å². The molecule has 2 rings (SSSR count). The molecule has 0 aliphatic rings. The van der Waals surface area contributed by atoms with Crippen LogP contribution in [0.25, 0.3) is 0 Å². The van der Waals surface area contributed by atoms with Crippen LogP contribution in [0.5, 0.6) is 5.75 Å². The average molecular weight is 226 g/mol. The topological polar surface area (TPSA) is 62.0 Å². The number of phenols is 1. The maximum Gasteiger partial charge on any atom is 0.152 e. The Balaban J connectivity index is 2.25. The molecule has 0 bridgehead atoms. The van der Waals surface area contributed by atoms with Gasteiger partial charge in [0.2, 0.25) is 0 Å². The fraction of sp³-hybridized carbons (Fsp3) is 0. The highest BCUT2D eigenvalue weighted by Gasteiger charge is 1.98. The molecule has 0 atom stereocenters. The van der Waals surface area contributed by atoms with Crippen molar-refractivity contribution >= 4 is 17.7 Å². The number of hydrogen-bond acceptors (Lipinski definition) is 4. The van der Waals surface area contributed by atoms with E-state index < -0.39 is 0 Å². The van der Waals surface area contributed by atoms with Gasteiger partial charge in [0, 0.05) is 5.56 Å². The molecule has 0 fully saturated rings. The first-order chi connectivity index (χ1) is 8.29. The van der Waals surface area contributed by atoms with Gasteiger partial charge < -0.3 is 5.11 Å². The summed E-state index contributed by atoms with van der Waals surface area (Å²) in [4.78, 5) is 10.7. The number of carbonyl (C=O) groups is 1. The SMILES string of the molecule is O=Cc1ccccc1N=Nc1ccc(O)cc1. The first-order valence-corrected chi connectivity index (χ1v) is 5.04. The van der Waals surface area contributed by atoms with Gasteiger partial charge in [-0.15, -0.1) is 5.11 Å². The van der Waals surface area contributed by atoms with Gasteiger partial charge in [-0.05, 0) is 36.4 Å². The highest BCUT2D eigenvalue weighted by atomic mass is 16.3. The number of benzene rings is 2. The summed E-state index contributed by atoms with van der Waals surface area (Å²) in [6.07, 6.45) is 0.741. The summed E-state index contributed by atoms with van der Waals surface area (Å²) >= 11 is 0. The number of aromatic hydroxyl groups is 1. The fourth-order valence-corrected chi connectivity index (χ4v) is 1.31. The van der Waals surface area contributed by atoms with Gasteiger partial charge in [0.25, 0.3) is 0 Å². The van der Waals surface area contributed by atoms with Gasteiger partial charge in [-0.1, -0.05) is 12.1 Å². The predicted molar refractivity (Wildman–Crippen MR) is 64.1 cm³/mol. The largest absolute Gasteiger partial charge is 0.508 e. The van der Waals surface area contributed by atoms with Crippen LogP contribution in [0.2, 0.25) is 0 Å². The van der Waals surface area contributed by atoms with Crippen LogP contribution >= 0.6 is 0 Å². The van der Waals surface area contributed by atoms with Crippen LogP contribution in [0.1, 0.15) is 10.4 Å². The highest BCUT2D eigenvalue weighted by Crippen LogP contribution is 2.22. The predicted octanol–water partition coefficient (Wildman–Crippen LogP) is 3.62. The number of aldehydes is 1. The normalized spacial score (nSPS) is 10.6. The third kappa shape index (κ3) is 2.75. The Morgan fingerprint density at radius 3 is 2.35 bits per heavy atom. The Morgan fingerprint density at radius 2 is 1.65 bits per heavy atom. The lowest BCUT2D eigenvalue weighted by atomic mass is 10.2.